The molecule has 0 amide bonds. The third-order valence-electron chi connectivity index (χ3n) is 8.23. The third kappa shape index (κ3) is 4.93. The van der Waals surface area contributed by atoms with Crippen LogP contribution in [0.2, 0.25) is 0 Å². The quantitative estimate of drug-likeness (QED) is 0.240. The molecule has 1 aromatic heterocycles. The monoisotopic (exact) mass is 576 g/mol. The molecule has 43 heavy (non-hydrogen) atoms. The first kappa shape index (κ1) is 26.9. The van der Waals surface area contributed by atoms with Gasteiger partial charge in [-0.1, -0.05) is 18.2 Å². The predicted molar refractivity (Wildman–Crippen MR) is 163 cm³/mol. The number of methoxy groups -OCH3 is 3. The van der Waals surface area contributed by atoms with Gasteiger partial charge in [-0.3, -0.25) is 4.98 Å². The van der Waals surface area contributed by atoms with E-state index in [0.29, 0.717) is 46.3 Å². The molecule has 0 aliphatic carbocycles. The lowest BCUT2D eigenvalue weighted by Crippen LogP contribution is -2.31. The van der Waals surface area contributed by atoms with Crippen LogP contribution in [-0.4, -0.2) is 38.0 Å². The van der Waals surface area contributed by atoms with E-state index in [9.17, 15) is 5.11 Å². The molecule has 3 aliphatic heterocycles. The fourth-order valence-electron chi connectivity index (χ4n) is 6.07. The van der Waals surface area contributed by atoms with Crippen molar-refractivity contribution in [1.82, 2.24) is 10.3 Å². The number of ether oxygens (including phenoxy) is 5. The van der Waals surface area contributed by atoms with E-state index in [-0.39, 0.29) is 17.5 Å². The number of rotatable bonds is 3. The first-order valence-electron chi connectivity index (χ1n) is 14.3. The molecule has 1 atom stereocenters. The van der Waals surface area contributed by atoms with Crippen LogP contribution in [0.3, 0.4) is 0 Å². The van der Waals surface area contributed by atoms with Crippen LogP contribution >= 0.6 is 0 Å². The van der Waals surface area contributed by atoms with E-state index in [1.807, 2.05) is 54.6 Å². The number of aromatic nitrogens is 1. The number of hydrogen-bond acceptors (Lipinski definition) is 8. The summed E-state index contributed by atoms with van der Waals surface area (Å²) in [6.07, 6.45) is 3.85. The van der Waals surface area contributed by atoms with E-state index in [1.54, 1.807) is 26.5 Å². The second kappa shape index (κ2) is 11.0. The molecule has 4 aromatic carbocycles. The SMILES string of the molecule is COc1ccc2cc1Oc1ccc(cc1)Cc1nccc3cc(OC)c(O)c(c13)Oc1cc3c(cc1OC)CCN[C@@H]3C2. The van der Waals surface area contributed by atoms with Gasteiger partial charge in [0, 0.05) is 18.7 Å². The number of hydrogen-bond donors (Lipinski definition) is 2. The van der Waals surface area contributed by atoms with Crippen molar-refractivity contribution in [3.05, 3.63) is 101 Å². The highest BCUT2D eigenvalue weighted by molar-refractivity contribution is 5.95. The summed E-state index contributed by atoms with van der Waals surface area (Å²) >= 11 is 0. The molecule has 5 aromatic rings. The highest BCUT2D eigenvalue weighted by Crippen LogP contribution is 2.48. The molecule has 8 heteroatoms. The van der Waals surface area contributed by atoms with E-state index in [4.69, 9.17) is 28.7 Å². The molecule has 6 bridgehead atoms. The van der Waals surface area contributed by atoms with Gasteiger partial charge >= 0.3 is 0 Å². The zero-order valence-electron chi connectivity index (χ0n) is 24.3. The molecule has 218 valence electrons. The van der Waals surface area contributed by atoms with Gasteiger partial charge in [0.25, 0.3) is 0 Å². The summed E-state index contributed by atoms with van der Waals surface area (Å²) < 4.78 is 29.9. The number of benzene rings is 4. The van der Waals surface area contributed by atoms with E-state index in [2.05, 4.69) is 11.4 Å². The largest absolute Gasteiger partial charge is 0.502 e. The Morgan fingerprint density at radius 2 is 1.58 bits per heavy atom. The molecule has 0 radical (unpaired) electrons. The van der Waals surface area contributed by atoms with Gasteiger partial charge in [-0.2, -0.15) is 0 Å². The summed E-state index contributed by atoms with van der Waals surface area (Å²) in [5.74, 6) is 3.62. The van der Waals surface area contributed by atoms with E-state index in [0.717, 1.165) is 47.2 Å². The summed E-state index contributed by atoms with van der Waals surface area (Å²) in [4.78, 5) is 4.73. The van der Waals surface area contributed by atoms with Gasteiger partial charge in [0.15, 0.2) is 34.5 Å². The van der Waals surface area contributed by atoms with Gasteiger partial charge in [0.1, 0.15) is 5.75 Å². The minimum absolute atomic E-state index is 0.0179. The van der Waals surface area contributed by atoms with Gasteiger partial charge < -0.3 is 34.1 Å². The average Bonchev–Trinajstić information content (AvgIpc) is 3.03. The van der Waals surface area contributed by atoms with Crippen LogP contribution in [0.1, 0.15) is 34.0 Å². The highest BCUT2D eigenvalue weighted by Gasteiger charge is 2.26. The highest BCUT2D eigenvalue weighted by atomic mass is 16.5. The first-order valence-corrected chi connectivity index (χ1v) is 14.3. The Balaban J connectivity index is 1.46. The summed E-state index contributed by atoms with van der Waals surface area (Å²) in [6, 6.07) is 21.7. The number of pyridine rings is 1. The van der Waals surface area contributed by atoms with Crippen molar-refractivity contribution in [2.24, 2.45) is 0 Å². The van der Waals surface area contributed by atoms with E-state index < -0.39 is 0 Å². The zero-order valence-corrected chi connectivity index (χ0v) is 24.3. The lowest BCUT2D eigenvalue weighted by Gasteiger charge is -2.29. The molecule has 0 saturated heterocycles. The van der Waals surface area contributed by atoms with Crippen LogP contribution in [-0.2, 0) is 19.3 Å². The topological polar surface area (TPSA) is 91.3 Å². The number of fused-ring (bicyclic) bond motifs is 2. The number of nitrogens with one attached hydrogen (secondary N) is 1. The molecule has 0 saturated carbocycles. The van der Waals surface area contributed by atoms with Crippen molar-refractivity contribution in [1.29, 1.82) is 0 Å². The lowest BCUT2D eigenvalue weighted by molar-refractivity contribution is 0.345. The Morgan fingerprint density at radius 3 is 2.37 bits per heavy atom. The van der Waals surface area contributed by atoms with Crippen molar-refractivity contribution >= 4 is 10.8 Å². The second-order valence-electron chi connectivity index (χ2n) is 10.8. The van der Waals surface area contributed by atoms with Crippen LogP contribution in [0.15, 0.2) is 72.9 Å². The van der Waals surface area contributed by atoms with Crippen LogP contribution in [0.4, 0.5) is 0 Å². The molecule has 0 unspecified atom stereocenters. The predicted octanol–water partition coefficient (Wildman–Crippen LogP) is 6.88. The minimum Gasteiger partial charge on any atom is -0.502 e. The molecule has 8 nitrogen and oxygen atoms in total. The summed E-state index contributed by atoms with van der Waals surface area (Å²) in [5, 5.41) is 16.6. The van der Waals surface area contributed by atoms with Gasteiger partial charge in [-0.05, 0) is 95.6 Å². The molecule has 8 rings (SSSR count). The molecule has 4 heterocycles. The number of nitrogens with zero attached hydrogens (tertiary/aromatic N) is 1. The Labute approximate surface area is 249 Å². The maximum absolute atomic E-state index is 11.4. The third-order valence-corrected chi connectivity index (χ3v) is 8.23. The van der Waals surface area contributed by atoms with Crippen LogP contribution in [0.25, 0.3) is 10.8 Å². The Hall–Kier alpha value is -4.95. The summed E-state index contributed by atoms with van der Waals surface area (Å²) in [6.45, 7) is 0.837. The van der Waals surface area contributed by atoms with Crippen molar-refractivity contribution < 1.29 is 28.8 Å². The van der Waals surface area contributed by atoms with Gasteiger partial charge in [0.05, 0.1) is 32.4 Å². The minimum atomic E-state index is -0.0948. The van der Waals surface area contributed by atoms with Crippen LogP contribution < -0.4 is 29.0 Å². The normalized spacial score (nSPS) is 15.6. The van der Waals surface area contributed by atoms with Crippen molar-refractivity contribution in [3.8, 4) is 46.0 Å². The Morgan fingerprint density at radius 1 is 0.814 bits per heavy atom. The van der Waals surface area contributed by atoms with Crippen molar-refractivity contribution in [3.63, 3.8) is 0 Å². The van der Waals surface area contributed by atoms with Crippen LogP contribution in [0.5, 0.6) is 46.0 Å². The average molecular weight is 577 g/mol. The van der Waals surface area contributed by atoms with Gasteiger partial charge in [-0.25, -0.2) is 0 Å². The molecular formula is C35H32N2O6. The maximum Gasteiger partial charge on any atom is 0.202 e. The molecule has 0 fully saturated rings. The number of aromatic hydroxyl groups is 1. The standard InChI is InChI=1S/C35H32N2O6/c1-39-28-9-6-21-15-26-25-19-31(29(40-2)17-22(25)10-12-36-26)43-35-33-23(18-32(41-3)34(35)38)11-13-37-27(33)14-20-4-7-24(8-5-20)42-30(28)16-21/h4-9,11,13,16-19,26,36,38H,10,12,14-15H2,1-3H3/t26-/m1/s1. The maximum atomic E-state index is 11.4. The molecule has 2 N–H and O–H groups in total. The molecular weight excluding hydrogens is 544 g/mol. The van der Waals surface area contributed by atoms with E-state index >= 15 is 0 Å². The van der Waals surface area contributed by atoms with E-state index in [1.165, 1.54) is 12.7 Å². The fraction of sp³-hybridized carbons (Fsp3) is 0.229. The fourth-order valence-corrected chi connectivity index (χ4v) is 6.07. The van der Waals surface area contributed by atoms with Crippen LogP contribution in [0, 0.1) is 0 Å². The van der Waals surface area contributed by atoms with Crippen molar-refractivity contribution in [2.75, 3.05) is 27.9 Å². The molecule has 3 aliphatic rings. The summed E-state index contributed by atoms with van der Waals surface area (Å²) in [7, 11) is 4.81. The molecule has 0 spiro atoms. The first-order chi connectivity index (χ1) is 21.0. The Bertz CT molecular complexity index is 1840. The lowest BCUT2D eigenvalue weighted by atomic mass is 9.89. The number of phenolic OH excluding ortho intramolecular Hbond substituents is 1. The van der Waals surface area contributed by atoms with Gasteiger partial charge in [-0.15, -0.1) is 0 Å². The number of phenols is 1. The van der Waals surface area contributed by atoms with Gasteiger partial charge in [0.2, 0.25) is 5.75 Å². The zero-order chi connectivity index (χ0) is 29.5. The second-order valence-corrected chi connectivity index (χ2v) is 10.8. The summed E-state index contributed by atoms with van der Waals surface area (Å²) in [5.41, 5.74) is 5.18. The Kier molecular flexibility index (Phi) is 6.91. The van der Waals surface area contributed by atoms with Crippen molar-refractivity contribution in [2.45, 2.75) is 25.3 Å². The smallest absolute Gasteiger partial charge is 0.202 e.